The molecule has 0 radical (unpaired) electrons. The molecule has 0 bridgehead atoms. The highest BCUT2D eigenvalue weighted by atomic mass is 16.5. The summed E-state index contributed by atoms with van der Waals surface area (Å²) in [5.74, 6) is -0.888. The van der Waals surface area contributed by atoms with Crippen molar-refractivity contribution >= 4 is 11.8 Å². The van der Waals surface area contributed by atoms with Gasteiger partial charge in [-0.1, -0.05) is 30.3 Å². The quantitative estimate of drug-likeness (QED) is 0.342. The Balaban J connectivity index is 2.03. The lowest BCUT2D eigenvalue weighted by atomic mass is 9.99. The van der Waals surface area contributed by atoms with Gasteiger partial charge in [-0.3, -0.25) is 4.79 Å². The topological polar surface area (TPSA) is 43.4 Å². The number of benzene rings is 2. The van der Waals surface area contributed by atoms with Crippen LogP contribution >= 0.6 is 0 Å². The van der Waals surface area contributed by atoms with Gasteiger partial charge >= 0.3 is 5.97 Å². The average Bonchev–Trinajstić information content (AvgIpc) is 2.88. The van der Waals surface area contributed by atoms with Gasteiger partial charge in [-0.15, -0.1) is 0 Å². The van der Waals surface area contributed by atoms with Crippen molar-refractivity contribution in [3.05, 3.63) is 53.1 Å². The maximum atomic E-state index is 11.8. The van der Waals surface area contributed by atoms with Gasteiger partial charge in [0.05, 0.1) is 5.56 Å². The third-order valence-corrected chi connectivity index (χ3v) is 3.56. The first kappa shape index (κ1) is 9.59. The van der Waals surface area contributed by atoms with Gasteiger partial charge in [0.2, 0.25) is 0 Å². The zero-order chi connectivity index (χ0) is 12.3. The molecule has 18 heavy (non-hydrogen) atoms. The number of carbonyl (C=O) groups is 2. The fourth-order valence-electron chi connectivity index (χ4n) is 2.77. The summed E-state index contributed by atoms with van der Waals surface area (Å²) in [6.07, 6.45) is 0.692. The normalized spacial score (nSPS) is 15.1. The van der Waals surface area contributed by atoms with Gasteiger partial charge in [-0.25, -0.2) is 4.79 Å². The molecule has 1 aliphatic heterocycles. The monoisotopic (exact) mass is 236 g/mol. The van der Waals surface area contributed by atoms with E-state index in [9.17, 15) is 9.59 Å². The standard InChI is InChI=1S/C15H8O3/c16-14-13-11-7-8-3-1-2-4-9(8)10(11)5-6-12(13)18-15(14)17/h1-6H,7H2. The second kappa shape index (κ2) is 3.07. The Morgan fingerprint density at radius 3 is 2.67 bits per heavy atom. The smallest absolute Gasteiger partial charge is 0.385 e. The minimum atomic E-state index is -0.769. The van der Waals surface area contributed by atoms with Crippen molar-refractivity contribution in [1.82, 2.24) is 0 Å². The number of rotatable bonds is 0. The van der Waals surface area contributed by atoms with E-state index in [4.69, 9.17) is 4.74 Å². The number of carbonyl (C=O) groups excluding carboxylic acids is 2. The molecule has 86 valence electrons. The van der Waals surface area contributed by atoms with Crippen LogP contribution in [-0.2, 0) is 11.2 Å². The molecule has 2 aromatic rings. The number of esters is 1. The fourth-order valence-corrected chi connectivity index (χ4v) is 2.77. The lowest BCUT2D eigenvalue weighted by molar-refractivity contribution is -0.128. The van der Waals surface area contributed by atoms with Crippen molar-refractivity contribution < 1.29 is 14.3 Å². The molecule has 2 aromatic carbocycles. The van der Waals surface area contributed by atoms with Gasteiger partial charge < -0.3 is 4.74 Å². The molecule has 3 heteroatoms. The van der Waals surface area contributed by atoms with Crippen molar-refractivity contribution in [2.24, 2.45) is 0 Å². The van der Waals surface area contributed by atoms with Crippen LogP contribution in [0.5, 0.6) is 5.75 Å². The van der Waals surface area contributed by atoms with Gasteiger partial charge in [0.25, 0.3) is 5.78 Å². The molecule has 0 N–H and O–H groups in total. The first-order valence-electron chi connectivity index (χ1n) is 5.76. The van der Waals surface area contributed by atoms with Crippen molar-refractivity contribution in [3.8, 4) is 16.9 Å². The summed E-state index contributed by atoms with van der Waals surface area (Å²) in [4.78, 5) is 23.2. The van der Waals surface area contributed by atoms with Crippen LogP contribution in [-0.4, -0.2) is 11.8 Å². The summed E-state index contributed by atoms with van der Waals surface area (Å²) in [6.45, 7) is 0. The first-order valence-corrected chi connectivity index (χ1v) is 5.76. The molecule has 1 aliphatic carbocycles. The lowest BCUT2D eigenvalue weighted by Gasteiger charge is -2.03. The minimum absolute atomic E-state index is 0.400. The zero-order valence-electron chi connectivity index (χ0n) is 9.40. The van der Waals surface area contributed by atoms with E-state index >= 15 is 0 Å². The van der Waals surface area contributed by atoms with Crippen LogP contribution in [0.4, 0.5) is 0 Å². The maximum Gasteiger partial charge on any atom is 0.385 e. The number of hydrogen-bond donors (Lipinski definition) is 0. The van der Waals surface area contributed by atoms with Crippen LogP contribution in [0.2, 0.25) is 0 Å². The Morgan fingerprint density at radius 1 is 0.944 bits per heavy atom. The van der Waals surface area contributed by atoms with Crippen LogP contribution in [0, 0.1) is 0 Å². The highest BCUT2D eigenvalue weighted by molar-refractivity contribution is 6.45. The SMILES string of the molecule is O=C1Oc2ccc3c(c2C1=O)Cc1ccccc1-3. The highest BCUT2D eigenvalue weighted by Gasteiger charge is 2.36. The Labute approximate surface area is 103 Å². The second-order valence-corrected chi connectivity index (χ2v) is 4.52. The molecule has 0 spiro atoms. The molecule has 0 unspecified atom stereocenters. The van der Waals surface area contributed by atoms with Gasteiger partial charge in [0, 0.05) is 0 Å². The van der Waals surface area contributed by atoms with Gasteiger partial charge in [0.1, 0.15) is 5.75 Å². The van der Waals surface area contributed by atoms with E-state index in [1.54, 1.807) is 6.07 Å². The molecule has 0 fully saturated rings. The second-order valence-electron chi connectivity index (χ2n) is 4.52. The van der Waals surface area contributed by atoms with Gasteiger partial charge in [-0.05, 0) is 34.7 Å². The number of ether oxygens (including phenoxy) is 1. The predicted octanol–water partition coefficient (Wildman–Crippen LogP) is 2.36. The van der Waals surface area contributed by atoms with Crippen molar-refractivity contribution in [2.75, 3.05) is 0 Å². The van der Waals surface area contributed by atoms with Crippen LogP contribution < -0.4 is 4.74 Å². The maximum absolute atomic E-state index is 11.8. The van der Waals surface area contributed by atoms with Gasteiger partial charge in [-0.2, -0.15) is 0 Å². The first-order chi connectivity index (χ1) is 8.75. The summed E-state index contributed by atoms with van der Waals surface area (Å²) in [6, 6.07) is 11.7. The summed E-state index contributed by atoms with van der Waals surface area (Å²) >= 11 is 0. The number of hydrogen-bond acceptors (Lipinski definition) is 3. The summed E-state index contributed by atoms with van der Waals surface area (Å²) < 4.78 is 4.95. The van der Waals surface area contributed by atoms with E-state index in [0.717, 1.165) is 16.7 Å². The van der Waals surface area contributed by atoms with E-state index in [1.165, 1.54) is 5.56 Å². The van der Waals surface area contributed by atoms with Crippen LogP contribution in [0.1, 0.15) is 21.5 Å². The molecule has 2 aliphatic rings. The fraction of sp³-hybridized carbons (Fsp3) is 0.0667. The Hall–Kier alpha value is -2.42. The number of fused-ring (bicyclic) bond motifs is 5. The molecule has 0 atom stereocenters. The Kier molecular flexibility index (Phi) is 1.64. The minimum Gasteiger partial charge on any atom is -0.420 e. The lowest BCUT2D eigenvalue weighted by Crippen LogP contribution is -2.11. The third kappa shape index (κ3) is 1.03. The largest absolute Gasteiger partial charge is 0.420 e. The summed E-state index contributed by atoms with van der Waals surface area (Å²) in [7, 11) is 0. The molecule has 4 rings (SSSR count). The Bertz CT molecular complexity index is 729. The molecule has 0 saturated heterocycles. The van der Waals surface area contributed by atoms with Crippen molar-refractivity contribution in [2.45, 2.75) is 6.42 Å². The summed E-state index contributed by atoms with van der Waals surface area (Å²) in [5.41, 5.74) is 4.74. The molecule has 0 amide bonds. The molecule has 3 nitrogen and oxygen atoms in total. The van der Waals surface area contributed by atoms with E-state index in [1.807, 2.05) is 30.3 Å². The average molecular weight is 236 g/mol. The predicted molar refractivity (Wildman–Crippen MR) is 64.6 cm³/mol. The van der Waals surface area contributed by atoms with E-state index in [-0.39, 0.29) is 0 Å². The zero-order valence-corrected chi connectivity index (χ0v) is 9.40. The highest BCUT2D eigenvalue weighted by Crippen LogP contribution is 2.43. The van der Waals surface area contributed by atoms with E-state index in [2.05, 4.69) is 0 Å². The molecule has 1 heterocycles. The third-order valence-electron chi connectivity index (χ3n) is 3.56. The Morgan fingerprint density at radius 2 is 1.78 bits per heavy atom. The van der Waals surface area contributed by atoms with Crippen LogP contribution in [0.15, 0.2) is 36.4 Å². The summed E-state index contributed by atoms with van der Waals surface area (Å²) in [5, 5.41) is 0. The van der Waals surface area contributed by atoms with E-state index in [0.29, 0.717) is 17.7 Å². The van der Waals surface area contributed by atoms with E-state index < -0.39 is 11.8 Å². The number of ketones is 1. The van der Waals surface area contributed by atoms with Crippen molar-refractivity contribution in [1.29, 1.82) is 0 Å². The molecule has 0 saturated carbocycles. The number of Topliss-reactive ketones (excluding diaryl/α,β-unsaturated/α-hetero) is 1. The molecular formula is C15H8O3. The van der Waals surface area contributed by atoms with Crippen LogP contribution in [0.25, 0.3) is 11.1 Å². The van der Waals surface area contributed by atoms with Gasteiger partial charge in [0.15, 0.2) is 0 Å². The van der Waals surface area contributed by atoms with Crippen LogP contribution in [0.3, 0.4) is 0 Å². The van der Waals surface area contributed by atoms with Crippen molar-refractivity contribution in [3.63, 3.8) is 0 Å². The molecule has 0 aromatic heterocycles. The molecular weight excluding hydrogens is 228 g/mol.